The number of hydrogen-bond donors (Lipinski definition) is 0. The Labute approximate surface area is 110 Å². The number of nitrogens with zero attached hydrogens (tertiary/aromatic N) is 2. The van der Waals surface area contributed by atoms with Crippen LogP contribution in [-0.4, -0.2) is 18.6 Å². The van der Waals surface area contributed by atoms with Gasteiger partial charge in [-0.1, -0.05) is 26.8 Å². The van der Waals surface area contributed by atoms with E-state index in [1.165, 1.54) is 10.9 Å². The van der Waals surface area contributed by atoms with Gasteiger partial charge in [0.2, 0.25) is 0 Å². The highest BCUT2D eigenvalue weighted by atomic mass is 15.2. The number of anilines is 1. The largest absolute Gasteiger partial charge is 0.360 e. The normalized spacial score (nSPS) is 11.2. The summed E-state index contributed by atoms with van der Waals surface area (Å²) < 4.78 is 0. The van der Waals surface area contributed by atoms with Crippen LogP contribution in [0.15, 0.2) is 30.3 Å². The molecule has 0 unspecified atom stereocenters. The fourth-order valence-corrected chi connectivity index (χ4v) is 2.15. The van der Waals surface area contributed by atoms with Crippen molar-refractivity contribution in [1.29, 1.82) is 0 Å². The molecular weight excluding hydrogens is 220 g/mol. The first-order valence-corrected chi connectivity index (χ1v) is 6.73. The number of pyridine rings is 1. The Morgan fingerprint density at radius 2 is 1.94 bits per heavy atom. The Hall–Kier alpha value is -1.57. The van der Waals surface area contributed by atoms with Crippen LogP contribution in [0.2, 0.25) is 0 Å². The molecule has 1 aromatic carbocycles. The van der Waals surface area contributed by atoms with Crippen molar-refractivity contribution < 1.29 is 0 Å². The van der Waals surface area contributed by atoms with Gasteiger partial charge in [-0.2, -0.15) is 0 Å². The van der Waals surface area contributed by atoms with Gasteiger partial charge < -0.3 is 4.90 Å². The third-order valence-electron chi connectivity index (χ3n) is 3.32. The van der Waals surface area contributed by atoms with Crippen LogP contribution in [0.4, 0.5) is 5.82 Å². The first-order valence-electron chi connectivity index (χ1n) is 6.73. The summed E-state index contributed by atoms with van der Waals surface area (Å²) in [5.74, 6) is 1.62. The highest BCUT2D eigenvalue weighted by molar-refractivity contribution is 5.81. The summed E-state index contributed by atoms with van der Waals surface area (Å²) in [7, 11) is 2.10. The zero-order chi connectivity index (χ0) is 13.1. The lowest BCUT2D eigenvalue weighted by Gasteiger charge is -2.17. The molecule has 0 saturated carbocycles. The number of hydrogen-bond acceptors (Lipinski definition) is 2. The Balaban J connectivity index is 2.38. The van der Waals surface area contributed by atoms with Crippen LogP contribution >= 0.6 is 0 Å². The molecule has 0 fully saturated rings. The van der Waals surface area contributed by atoms with E-state index in [0.717, 1.165) is 24.3 Å². The van der Waals surface area contributed by atoms with Gasteiger partial charge in [-0.25, -0.2) is 4.98 Å². The van der Waals surface area contributed by atoms with Crippen molar-refractivity contribution in [2.45, 2.75) is 33.1 Å². The molecule has 2 heteroatoms. The van der Waals surface area contributed by atoms with Crippen LogP contribution in [0.5, 0.6) is 0 Å². The predicted molar refractivity (Wildman–Crippen MR) is 79.4 cm³/mol. The van der Waals surface area contributed by atoms with E-state index in [4.69, 9.17) is 4.98 Å². The van der Waals surface area contributed by atoms with Crippen LogP contribution in [0, 0.1) is 0 Å². The summed E-state index contributed by atoms with van der Waals surface area (Å²) in [6.45, 7) is 7.67. The summed E-state index contributed by atoms with van der Waals surface area (Å²) >= 11 is 0. The quantitative estimate of drug-likeness (QED) is 0.798. The summed E-state index contributed by atoms with van der Waals surface area (Å²) in [5, 5.41) is 1.23. The first kappa shape index (κ1) is 12.9. The molecule has 18 heavy (non-hydrogen) atoms. The molecule has 0 radical (unpaired) electrons. The van der Waals surface area contributed by atoms with Crippen molar-refractivity contribution in [1.82, 2.24) is 4.98 Å². The standard InChI is InChI=1S/C16H22N2/c1-5-10-18(4)16-9-7-14-11-13(12(2)3)6-8-15(14)17-16/h6-9,11-12H,5,10H2,1-4H3. The van der Waals surface area contributed by atoms with E-state index in [-0.39, 0.29) is 0 Å². The lowest BCUT2D eigenvalue weighted by atomic mass is 10.0. The van der Waals surface area contributed by atoms with Crippen LogP contribution in [0.1, 0.15) is 38.7 Å². The summed E-state index contributed by atoms with van der Waals surface area (Å²) in [5.41, 5.74) is 2.46. The van der Waals surface area contributed by atoms with E-state index < -0.39 is 0 Å². The van der Waals surface area contributed by atoms with Crippen LogP contribution < -0.4 is 4.90 Å². The van der Waals surface area contributed by atoms with Gasteiger partial charge >= 0.3 is 0 Å². The zero-order valence-electron chi connectivity index (χ0n) is 11.8. The third-order valence-corrected chi connectivity index (χ3v) is 3.32. The van der Waals surface area contributed by atoms with Crippen LogP contribution in [0.25, 0.3) is 10.9 Å². The molecule has 0 aliphatic heterocycles. The van der Waals surface area contributed by atoms with E-state index >= 15 is 0 Å². The average molecular weight is 242 g/mol. The van der Waals surface area contributed by atoms with Crippen molar-refractivity contribution in [2.24, 2.45) is 0 Å². The molecular formula is C16H22N2. The van der Waals surface area contributed by atoms with Crippen molar-refractivity contribution >= 4 is 16.7 Å². The lowest BCUT2D eigenvalue weighted by Crippen LogP contribution is -2.18. The van der Waals surface area contributed by atoms with Gasteiger partial charge in [0, 0.05) is 19.0 Å². The smallest absolute Gasteiger partial charge is 0.128 e. The van der Waals surface area contributed by atoms with Gasteiger partial charge in [-0.3, -0.25) is 0 Å². The SMILES string of the molecule is CCCN(C)c1ccc2cc(C(C)C)ccc2n1. The third kappa shape index (κ3) is 2.63. The molecule has 2 nitrogen and oxygen atoms in total. The predicted octanol–water partition coefficient (Wildman–Crippen LogP) is 4.20. The Morgan fingerprint density at radius 3 is 2.61 bits per heavy atom. The number of aromatic nitrogens is 1. The molecule has 96 valence electrons. The fourth-order valence-electron chi connectivity index (χ4n) is 2.15. The van der Waals surface area contributed by atoms with Crippen molar-refractivity contribution in [2.75, 3.05) is 18.5 Å². The minimum atomic E-state index is 0.567. The zero-order valence-corrected chi connectivity index (χ0v) is 11.8. The van der Waals surface area contributed by atoms with Gasteiger partial charge in [-0.15, -0.1) is 0 Å². The van der Waals surface area contributed by atoms with Crippen molar-refractivity contribution in [3.63, 3.8) is 0 Å². The number of rotatable bonds is 4. The van der Waals surface area contributed by atoms with E-state index in [2.05, 4.69) is 63.1 Å². The lowest BCUT2D eigenvalue weighted by molar-refractivity contribution is 0.840. The Bertz CT molecular complexity index is 532. The molecule has 0 bridgehead atoms. The highest BCUT2D eigenvalue weighted by Crippen LogP contribution is 2.22. The molecule has 0 atom stereocenters. The minimum Gasteiger partial charge on any atom is -0.360 e. The van der Waals surface area contributed by atoms with E-state index in [9.17, 15) is 0 Å². The molecule has 1 aromatic heterocycles. The molecule has 0 spiro atoms. The summed E-state index contributed by atoms with van der Waals surface area (Å²) in [4.78, 5) is 6.92. The molecule has 0 N–H and O–H groups in total. The molecule has 0 aliphatic carbocycles. The summed E-state index contributed by atoms with van der Waals surface area (Å²) in [6, 6.07) is 10.9. The maximum Gasteiger partial charge on any atom is 0.128 e. The summed E-state index contributed by atoms with van der Waals surface area (Å²) in [6.07, 6.45) is 1.14. The fraction of sp³-hybridized carbons (Fsp3) is 0.438. The topological polar surface area (TPSA) is 16.1 Å². The number of fused-ring (bicyclic) bond motifs is 1. The van der Waals surface area contributed by atoms with Gasteiger partial charge in [0.05, 0.1) is 5.52 Å². The van der Waals surface area contributed by atoms with Gasteiger partial charge in [0.15, 0.2) is 0 Å². The molecule has 2 aromatic rings. The maximum absolute atomic E-state index is 4.72. The van der Waals surface area contributed by atoms with Gasteiger partial charge in [-0.05, 0) is 42.2 Å². The minimum absolute atomic E-state index is 0.567. The molecule has 0 saturated heterocycles. The van der Waals surface area contributed by atoms with Crippen molar-refractivity contribution in [3.05, 3.63) is 35.9 Å². The van der Waals surface area contributed by atoms with Crippen LogP contribution in [0.3, 0.4) is 0 Å². The van der Waals surface area contributed by atoms with Crippen molar-refractivity contribution in [3.8, 4) is 0 Å². The molecule has 1 heterocycles. The average Bonchev–Trinajstić information content (AvgIpc) is 2.37. The highest BCUT2D eigenvalue weighted by Gasteiger charge is 2.05. The molecule has 0 amide bonds. The second-order valence-corrected chi connectivity index (χ2v) is 5.20. The maximum atomic E-state index is 4.72. The Morgan fingerprint density at radius 1 is 1.17 bits per heavy atom. The van der Waals surface area contributed by atoms with E-state index in [1.807, 2.05) is 0 Å². The second-order valence-electron chi connectivity index (χ2n) is 5.20. The molecule has 2 rings (SSSR count). The van der Waals surface area contributed by atoms with Gasteiger partial charge in [0.1, 0.15) is 5.82 Å². The van der Waals surface area contributed by atoms with E-state index in [0.29, 0.717) is 5.92 Å². The first-order chi connectivity index (χ1) is 8.61. The van der Waals surface area contributed by atoms with Gasteiger partial charge in [0.25, 0.3) is 0 Å². The Kier molecular flexibility index (Phi) is 3.85. The van der Waals surface area contributed by atoms with Crippen LogP contribution in [-0.2, 0) is 0 Å². The van der Waals surface area contributed by atoms with E-state index in [1.54, 1.807) is 0 Å². The second kappa shape index (κ2) is 5.38. The molecule has 0 aliphatic rings. The number of benzene rings is 1. The monoisotopic (exact) mass is 242 g/mol.